The molecule has 5 nitrogen and oxygen atoms in total. The van der Waals surface area contributed by atoms with Crippen molar-refractivity contribution in [1.82, 2.24) is 10.2 Å². The van der Waals surface area contributed by atoms with Crippen LogP contribution in [0.15, 0.2) is 30.3 Å². The molecule has 0 saturated carbocycles. The van der Waals surface area contributed by atoms with Crippen molar-refractivity contribution in [2.24, 2.45) is 0 Å². The van der Waals surface area contributed by atoms with Crippen LogP contribution >= 0.6 is 23.6 Å². The van der Waals surface area contributed by atoms with Gasteiger partial charge in [-0.05, 0) is 45.1 Å². The standard InChI is InChI=1S/C13H15N3O2S2/c1-13(2,3)18-12(17)16(9-7-5-4-6-8-9)10-14-15-11(19)20-10/h4-8H,1-3H3,(H,15,19). The largest absolute Gasteiger partial charge is 0.443 e. The first-order chi connectivity index (χ1) is 9.37. The smallest absolute Gasteiger partial charge is 0.421 e. The molecule has 0 aliphatic rings. The molecule has 0 spiro atoms. The lowest BCUT2D eigenvalue weighted by atomic mass is 10.2. The fraction of sp³-hybridized carbons (Fsp3) is 0.308. The third-order valence-electron chi connectivity index (χ3n) is 2.21. The van der Waals surface area contributed by atoms with Crippen molar-refractivity contribution in [2.45, 2.75) is 26.4 Å². The van der Waals surface area contributed by atoms with E-state index in [0.29, 0.717) is 14.8 Å². The topological polar surface area (TPSA) is 58.2 Å². The van der Waals surface area contributed by atoms with E-state index in [2.05, 4.69) is 10.2 Å². The van der Waals surface area contributed by atoms with Crippen LogP contribution in [0.1, 0.15) is 20.8 Å². The van der Waals surface area contributed by atoms with Gasteiger partial charge in [0.2, 0.25) is 5.13 Å². The maximum atomic E-state index is 12.4. The molecule has 0 bridgehead atoms. The minimum absolute atomic E-state index is 0.454. The molecule has 1 heterocycles. The first-order valence-corrected chi connectivity index (χ1v) is 7.23. The van der Waals surface area contributed by atoms with Gasteiger partial charge in [0.05, 0.1) is 5.69 Å². The van der Waals surface area contributed by atoms with Gasteiger partial charge in [-0.25, -0.2) is 9.69 Å². The van der Waals surface area contributed by atoms with Crippen LogP contribution in [0.2, 0.25) is 0 Å². The lowest BCUT2D eigenvalue weighted by Gasteiger charge is -2.25. The van der Waals surface area contributed by atoms with Crippen LogP contribution in [-0.4, -0.2) is 21.9 Å². The third-order valence-corrected chi connectivity index (χ3v) is 3.28. The van der Waals surface area contributed by atoms with Gasteiger partial charge in [-0.15, -0.1) is 5.10 Å². The zero-order valence-electron chi connectivity index (χ0n) is 11.4. The maximum Gasteiger partial charge on any atom is 0.421 e. The van der Waals surface area contributed by atoms with E-state index in [0.717, 1.165) is 0 Å². The van der Waals surface area contributed by atoms with Crippen molar-refractivity contribution in [2.75, 3.05) is 4.90 Å². The van der Waals surface area contributed by atoms with Gasteiger partial charge in [-0.2, -0.15) is 0 Å². The highest BCUT2D eigenvalue weighted by Crippen LogP contribution is 2.28. The van der Waals surface area contributed by atoms with Crippen LogP contribution in [0.4, 0.5) is 15.6 Å². The number of hydrogen-bond donors (Lipinski definition) is 1. The number of aromatic amines is 1. The number of ether oxygens (including phenoxy) is 1. The summed E-state index contributed by atoms with van der Waals surface area (Å²) in [5.41, 5.74) is 0.0986. The Morgan fingerprint density at radius 1 is 1.35 bits per heavy atom. The molecule has 0 saturated heterocycles. The Kier molecular flexibility index (Phi) is 4.20. The number of rotatable bonds is 2. The summed E-state index contributed by atoms with van der Waals surface area (Å²) in [6, 6.07) is 9.20. The van der Waals surface area contributed by atoms with Gasteiger partial charge in [0.25, 0.3) is 0 Å². The molecular formula is C13H15N3O2S2. The number of nitrogens with one attached hydrogen (secondary N) is 1. The number of aromatic nitrogens is 2. The number of anilines is 2. The van der Waals surface area contributed by atoms with E-state index in [-0.39, 0.29) is 0 Å². The predicted molar refractivity (Wildman–Crippen MR) is 82.1 cm³/mol. The molecular weight excluding hydrogens is 294 g/mol. The van der Waals surface area contributed by atoms with Crippen LogP contribution in [0.25, 0.3) is 0 Å². The van der Waals surface area contributed by atoms with Crippen LogP contribution in [0.3, 0.4) is 0 Å². The van der Waals surface area contributed by atoms with Gasteiger partial charge >= 0.3 is 6.09 Å². The van der Waals surface area contributed by atoms with Gasteiger partial charge < -0.3 is 4.74 Å². The van der Waals surface area contributed by atoms with Gasteiger partial charge in [0, 0.05) is 0 Å². The van der Waals surface area contributed by atoms with E-state index in [1.54, 1.807) is 0 Å². The summed E-state index contributed by atoms with van der Waals surface area (Å²) in [4.78, 5) is 13.8. The summed E-state index contributed by atoms with van der Waals surface area (Å²) in [5.74, 6) is 0. The summed E-state index contributed by atoms with van der Waals surface area (Å²) in [6.45, 7) is 5.46. The number of H-pyrrole nitrogens is 1. The average Bonchev–Trinajstić information content (AvgIpc) is 2.75. The van der Waals surface area contributed by atoms with Crippen molar-refractivity contribution < 1.29 is 9.53 Å². The second-order valence-electron chi connectivity index (χ2n) is 5.05. The summed E-state index contributed by atoms with van der Waals surface area (Å²) in [6.07, 6.45) is -0.485. The van der Waals surface area contributed by atoms with Crippen molar-refractivity contribution >= 4 is 40.5 Å². The molecule has 7 heteroatoms. The zero-order chi connectivity index (χ0) is 14.8. The second kappa shape index (κ2) is 5.72. The summed E-state index contributed by atoms with van der Waals surface area (Å²) in [7, 11) is 0. The molecule has 1 N–H and O–H groups in total. The molecule has 0 unspecified atom stereocenters. The SMILES string of the molecule is CC(C)(C)OC(=O)N(c1ccccc1)c1n[nH]c(=S)s1. The molecule has 0 aliphatic carbocycles. The molecule has 0 radical (unpaired) electrons. The lowest BCUT2D eigenvalue weighted by Crippen LogP contribution is -2.33. The zero-order valence-corrected chi connectivity index (χ0v) is 13.0. The van der Waals surface area contributed by atoms with E-state index in [9.17, 15) is 4.79 Å². The van der Waals surface area contributed by atoms with Gasteiger partial charge in [-0.3, -0.25) is 5.10 Å². The van der Waals surface area contributed by atoms with Crippen molar-refractivity contribution in [3.63, 3.8) is 0 Å². The van der Waals surface area contributed by atoms with Crippen molar-refractivity contribution in [1.29, 1.82) is 0 Å². The molecule has 0 fully saturated rings. The minimum Gasteiger partial charge on any atom is -0.443 e. The Hall–Kier alpha value is -1.73. The predicted octanol–water partition coefficient (Wildman–Crippen LogP) is 4.27. The summed E-state index contributed by atoms with van der Waals surface area (Å²) in [5, 5.41) is 7.18. The minimum atomic E-state index is -0.581. The molecule has 2 rings (SSSR count). The van der Waals surface area contributed by atoms with E-state index in [1.807, 2.05) is 51.1 Å². The molecule has 20 heavy (non-hydrogen) atoms. The third kappa shape index (κ3) is 3.64. The molecule has 106 valence electrons. The maximum absolute atomic E-state index is 12.4. The van der Waals surface area contributed by atoms with Gasteiger partial charge in [0.15, 0.2) is 3.95 Å². The molecule has 1 aromatic carbocycles. The monoisotopic (exact) mass is 309 g/mol. The number of amides is 1. The fourth-order valence-electron chi connectivity index (χ4n) is 1.50. The molecule has 1 aromatic heterocycles. The highest BCUT2D eigenvalue weighted by Gasteiger charge is 2.26. The van der Waals surface area contributed by atoms with Crippen LogP contribution in [0.5, 0.6) is 0 Å². The average molecular weight is 309 g/mol. The Bertz CT molecular complexity index is 643. The molecule has 1 amide bonds. The van der Waals surface area contributed by atoms with E-state index < -0.39 is 11.7 Å². The number of benzene rings is 1. The first-order valence-electron chi connectivity index (χ1n) is 6.00. The molecule has 0 atom stereocenters. The Balaban J connectivity index is 2.40. The van der Waals surface area contributed by atoms with Crippen molar-refractivity contribution in [3.05, 3.63) is 34.3 Å². The number of carbonyl (C=O) groups excluding carboxylic acids is 1. The Labute approximate surface area is 126 Å². The number of hydrogen-bond acceptors (Lipinski definition) is 5. The van der Waals surface area contributed by atoms with Gasteiger partial charge in [-0.1, -0.05) is 29.5 Å². The van der Waals surface area contributed by atoms with E-state index in [1.165, 1.54) is 16.2 Å². The van der Waals surface area contributed by atoms with Crippen LogP contribution in [0, 0.1) is 3.95 Å². The summed E-state index contributed by atoms with van der Waals surface area (Å²) < 4.78 is 5.93. The fourth-order valence-corrected chi connectivity index (χ4v) is 2.39. The molecule has 2 aromatic rings. The number of nitrogens with zero attached hydrogens (tertiary/aromatic N) is 2. The number of carbonyl (C=O) groups is 1. The van der Waals surface area contributed by atoms with Crippen molar-refractivity contribution in [3.8, 4) is 0 Å². The lowest BCUT2D eigenvalue weighted by molar-refractivity contribution is 0.0599. The Morgan fingerprint density at radius 2 is 2.00 bits per heavy atom. The number of para-hydroxylation sites is 1. The van der Waals surface area contributed by atoms with E-state index in [4.69, 9.17) is 17.0 Å². The first kappa shape index (κ1) is 14.7. The summed E-state index contributed by atoms with van der Waals surface area (Å²) >= 11 is 6.24. The normalized spacial score (nSPS) is 11.2. The quantitative estimate of drug-likeness (QED) is 0.841. The highest BCUT2D eigenvalue weighted by molar-refractivity contribution is 7.73. The Morgan fingerprint density at radius 3 is 2.50 bits per heavy atom. The van der Waals surface area contributed by atoms with Crippen LogP contribution in [-0.2, 0) is 4.74 Å². The molecule has 0 aliphatic heterocycles. The van der Waals surface area contributed by atoms with Crippen LogP contribution < -0.4 is 4.90 Å². The van der Waals surface area contributed by atoms with Gasteiger partial charge in [0.1, 0.15) is 5.60 Å². The second-order valence-corrected chi connectivity index (χ2v) is 6.69. The van der Waals surface area contributed by atoms with E-state index >= 15 is 0 Å². The highest BCUT2D eigenvalue weighted by atomic mass is 32.1.